The van der Waals surface area contributed by atoms with Crippen molar-refractivity contribution >= 4 is 11.9 Å². The summed E-state index contributed by atoms with van der Waals surface area (Å²) in [6, 6.07) is 20.2. The minimum Gasteiger partial charge on any atom is -0.494 e. The first-order valence-corrected chi connectivity index (χ1v) is 11.1. The van der Waals surface area contributed by atoms with Crippen molar-refractivity contribution in [2.45, 2.75) is 19.8 Å². The lowest BCUT2D eigenvalue weighted by atomic mass is 10.1. The van der Waals surface area contributed by atoms with Crippen LogP contribution in [0.2, 0.25) is 0 Å². The van der Waals surface area contributed by atoms with Gasteiger partial charge in [0, 0.05) is 11.1 Å². The molecule has 35 heavy (non-hydrogen) atoms. The molecule has 0 radical (unpaired) electrons. The average molecular weight is 472 g/mol. The van der Waals surface area contributed by atoms with Crippen molar-refractivity contribution in [3.05, 3.63) is 83.9 Å². The number of aromatic nitrogens is 2. The van der Waals surface area contributed by atoms with Crippen LogP contribution in [0.25, 0.3) is 22.9 Å². The van der Waals surface area contributed by atoms with Gasteiger partial charge < -0.3 is 18.6 Å². The summed E-state index contributed by atoms with van der Waals surface area (Å²) in [5.41, 5.74) is 2.17. The topological polar surface area (TPSA) is 101 Å². The molecule has 3 aromatic carbocycles. The standard InChI is InChI=1S/C27H24N2O6/c1-3-4-17-33-22-13-9-19(10-14-22)25-29-28-24(35-25)18-5-7-21(8-6-18)27(31)34-23-15-11-20(12-16-23)26(30)32-2/h5-16H,3-4,17H2,1-2H3. The van der Waals surface area contributed by atoms with Crippen molar-refractivity contribution in [1.82, 2.24) is 10.2 Å². The van der Waals surface area contributed by atoms with Gasteiger partial charge in [-0.3, -0.25) is 0 Å². The highest BCUT2D eigenvalue weighted by molar-refractivity contribution is 5.92. The van der Waals surface area contributed by atoms with Gasteiger partial charge in [-0.15, -0.1) is 10.2 Å². The van der Waals surface area contributed by atoms with Gasteiger partial charge in [0.15, 0.2) is 0 Å². The molecule has 0 unspecified atom stereocenters. The van der Waals surface area contributed by atoms with Gasteiger partial charge in [0.2, 0.25) is 11.8 Å². The third-order valence-electron chi connectivity index (χ3n) is 5.15. The molecule has 4 rings (SSSR count). The molecule has 0 N–H and O–H groups in total. The second kappa shape index (κ2) is 11.1. The number of hydrogen-bond donors (Lipinski definition) is 0. The number of esters is 2. The number of carbonyl (C=O) groups excluding carboxylic acids is 2. The van der Waals surface area contributed by atoms with E-state index in [2.05, 4.69) is 21.9 Å². The Morgan fingerprint density at radius 3 is 1.83 bits per heavy atom. The molecule has 0 spiro atoms. The van der Waals surface area contributed by atoms with E-state index in [1.807, 2.05) is 24.3 Å². The SMILES string of the molecule is CCCCOc1ccc(-c2nnc(-c3ccc(C(=O)Oc4ccc(C(=O)OC)cc4)cc3)o2)cc1. The van der Waals surface area contributed by atoms with Crippen LogP contribution in [0.5, 0.6) is 11.5 Å². The molecular formula is C27H24N2O6. The van der Waals surface area contributed by atoms with Crippen LogP contribution in [0.3, 0.4) is 0 Å². The van der Waals surface area contributed by atoms with Crippen LogP contribution in [-0.2, 0) is 4.74 Å². The third-order valence-corrected chi connectivity index (χ3v) is 5.15. The van der Waals surface area contributed by atoms with Crippen LogP contribution in [-0.4, -0.2) is 35.9 Å². The van der Waals surface area contributed by atoms with Gasteiger partial charge >= 0.3 is 11.9 Å². The zero-order valence-electron chi connectivity index (χ0n) is 19.4. The molecule has 4 aromatic rings. The lowest BCUT2D eigenvalue weighted by molar-refractivity contribution is 0.0600. The lowest BCUT2D eigenvalue weighted by Gasteiger charge is -2.06. The molecule has 1 heterocycles. The molecule has 0 fully saturated rings. The summed E-state index contributed by atoms with van der Waals surface area (Å²) in [6.07, 6.45) is 2.09. The maximum atomic E-state index is 12.5. The Kier molecular flexibility index (Phi) is 7.52. The van der Waals surface area contributed by atoms with Crippen LogP contribution in [0.1, 0.15) is 40.5 Å². The second-order valence-electron chi connectivity index (χ2n) is 7.62. The van der Waals surface area contributed by atoms with Gasteiger partial charge in [0.25, 0.3) is 0 Å². The zero-order chi connectivity index (χ0) is 24.6. The van der Waals surface area contributed by atoms with Crippen LogP contribution in [0.15, 0.2) is 77.2 Å². The molecule has 0 saturated carbocycles. The molecular weight excluding hydrogens is 448 g/mol. The Bertz CT molecular complexity index is 1280. The molecule has 178 valence electrons. The van der Waals surface area contributed by atoms with Gasteiger partial charge in [-0.05, 0) is 79.2 Å². The summed E-state index contributed by atoms with van der Waals surface area (Å²) >= 11 is 0. The van der Waals surface area contributed by atoms with Crippen LogP contribution < -0.4 is 9.47 Å². The Balaban J connectivity index is 1.39. The van der Waals surface area contributed by atoms with Gasteiger partial charge in [-0.1, -0.05) is 13.3 Å². The van der Waals surface area contributed by atoms with E-state index in [0.717, 1.165) is 24.2 Å². The molecule has 0 aliphatic heterocycles. The van der Waals surface area contributed by atoms with Gasteiger partial charge in [0.05, 0.1) is 24.8 Å². The van der Waals surface area contributed by atoms with Crippen molar-refractivity contribution < 1.29 is 28.2 Å². The van der Waals surface area contributed by atoms with Gasteiger partial charge in [0.1, 0.15) is 11.5 Å². The Morgan fingerprint density at radius 1 is 0.743 bits per heavy atom. The number of benzene rings is 3. The second-order valence-corrected chi connectivity index (χ2v) is 7.62. The molecule has 0 aliphatic carbocycles. The maximum Gasteiger partial charge on any atom is 0.343 e. The Morgan fingerprint density at radius 2 is 1.26 bits per heavy atom. The predicted molar refractivity (Wildman–Crippen MR) is 128 cm³/mol. The monoisotopic (exact) mass is 472 g/mol. The normalized spacial score (nSPS) is 10.6. The molecule has 0 aliphatic rings. The van der Waals surface area contributed by atoms with E-state index in [1.165, 1.54) is 31.4 Å². The largest absolute Gasteiger partial charge is 0.494 e. The van der Waals surface area contributed by atoms with Gasteiger partial charge in [-0.25, -0.2) is 9.59 Å². The molecule has 8 nitrogen and oxygen atoms in total. The average Bonchev–Trinajstić information content (AvgIpc) is 3.40. The number of methoxy groups -OCH3 is 1. The maximum absolute atomic E-state index is 12.5. The highest BCUT2D eigenvalue weighted by Crippen LogP contribution is 2.26. The van der Waals surface area contributed by atoms with Crippen molar-refractivity contribution in [2.24, 2.45) is 0 Å². The van der Waals surface area contributed by atoms with E-state index in [0.29, 0.717) is 40.8 Å². The molecule has 8 heteroatoms. The summed E-state index contributed by atoms with van der Waals surface area (Å²) in [5.74, 6) is 0.838. The van der Waals surface area contributed by atoms with E-state index < -0.39 is 11.9 Å². The molecule has 1 aromatic heterocycles. The number of ether oxygens (including phenoxy) is 3. The minimum atomic E-state index is -0.533. The highest BCUT2D eigenvalue weighted by atomic mass is 16.5. The highest BCUT2D eigenvalue weighted by Gasteiger charge is 2.14. The third kappa shape index (κ3) is 5.92. The summed E-state index contributed by atoms with van der Waals surface area (Å²) in [4.78, 5) is 24.0. The Labute approximate surface area is 202 Å². The predicted octanol–water partition coefficient (Wildman–Crippen LogP) is 5.59. The quantitative estimate of drug-likeness (QED) is 0.177. The van der Waals surface area contributed by atoms with Crippen LogP contribution in [0, 0.1) is 0 Å². The van der Waals surface area contributed by atoms with E-state index in [9.17, 15) is 9.59 Å². The number of carbonyl (C=O) groups is 2. The van der Waals surface area contributed by atoms with Gasteiger partial charge in [-0.2, -0.15) is 0 Å². The van der Waals surface area contributed by atoms with E-state index in [1.54, 1.807) is 24.3 Å². The first-order chi connectivity index (χ1) is 17.1. The lowest BCUT2D eigenvalue weighted by Crippen LogP contribution is -2.08. The minimum absolute atomic E-state index is 0.315. The van der Waals surface area contributed by atoms with Crippen LogP contribution in [0.4, 0.5) is 0 Å². The van der Waals surface area contributed by atoms with E-state index >= 15 is 0 Å². The molecule has 0 saturated heterocycles. The Hall–Kier alpha value is -4.46. The summed E-state index contributed by atoms with van der Waals surface area (Å²) < 4.78 is 21.5. The fourth-order valence-corrected chi connectivity index (χ4v) is 3.18. The van der Waals surface area contributed by atoms with Crippen LogP contribution >= 0.6 is 0 Å². The number of nitrogens with zero attached hydrogens (tertiary/aromatic N) is 2. The van der Waals surface area contributed by atoms with E-state index in [4.69, 9.17) is 13.9 Å². The van der Waals surface area contributed by atoms with Crippen molar-refractivity contribution in [3.63, 3.8) is 0 Å². The smallest absolute Gasteiger partial charge is 0.343 e. The van der Waals surface area contributed by atoms with Crippen molar-refractivity contribution in [3.8, 4) is 34.4 Å². The number of unbranched alkanes of at least 4 members (excludes halogenated alkanes) is 1. The van der Waals surface area contributed by atoms with Crippen molar-refractivity contribution in [2.75, 3.05) is 13.7 Å². The van der Waals surface area contributed by atoms with Crippen molar-refractivity contribution in [1.29, 1.82) is 0 Å². The van der Waals surface area contributed by atoms with E-state index in [-0.39, 0.29) is 0 Å². The molecule has 0 atom stereocenters. The fraction of sp³-hybridized carbons (Fsp3) is 0.185. The first kappa shape index (κ1) is 23.7. The number of rotatable bonds is 9. The summed E-state index contributed by atoms with van der Waals surface area (Å²) in [5, 5.41) is 8.24. The molecule has 0 bridgehead atoms. The fourth-order valence-electron chi connectivity index (χ4n) is 3.18. The zero-order valence-corrected chi connectivity index (χ0v) is 19.4. The molecule has 0 amide bonds. The summed E-state index contributed by atoms with van der Waals surface area (Å²) in [6.45, 7) is 2.80. The first-order valence-electron chi connectivity index (χ1n) is 11.1. The number of hydrogen-bond acceptors (Lipinski definition) is 8. The summed E-state index contributed by atoms with van der Waals surface area (Å²) in [7, 11) is 1.30.